The summed E-state index contributed by atoms with van der Waals surface area (Å²) in [6.07, 6.45) is -4.85. The van der Waals surface area contributed by atoms with E-state index < -0.39 is 36.0 Å². The quantitative estimate of drug-likeness (QED) is 0.743. The number of urea groups is 1. The van der Waals surface area contributed by atoms with Crippen LogP contribution in [0.1, 0.15) is 17.5 Å². The van der Waals surface area contributed by atoms with Crippen LogP contribution in [0.25, 0.3) is 0 Å². The predicted octanol–water partition coefficient (Wildman–Crippen LogP) is 3.18. The summed E-state index contributed by atoms with van der Waals surface area (Å²) in [6, 6.07) is 2.03. The van der Waals surface area contributed by atoms with Gasteiger partial charge in [0, 0.05) is 19.5 Å². The van der Waals surface area contributed by atoms with Crippen molar-refractivity contribution in [2.45, 2.75) is 25.1 Å². The number of carbonyl (C=O) groups excluding carboxylic acids is 1. The van der Waals surface area contributed by atoms with E-state index in [9.17, 15) is 31.9 Å². The Hall–Kier alpha value is -2.34. The molecule has 0 aliphatic carbocycles. The molecule has 1 aromatic heterocycles. The number of aromatic nitrogens is 2. The largest absolute Gasteiger partial charge is 0.418 e. The highest BCUT2D eigenvalue weighted by Crippen LogP contribution is 2.30. The van der Waals surface area contributed by atoms with Crippen molar-refractivity contribution in [1.82, 2.24) is 15.1 Å². The third-order valence-electron chi connectivity index (χ3n) is 3.46. The number of hydrogen-bond donors (Lipinski definition) is 2. The third kappa shape index (κ3) is 5.57. The van der Waals surface area contributed by atoms with Crippen molar-refractivity contribution in [2.24, 2.45) is 0 Å². The Morgan fingerprint density at radius 3 is 2.37 bits per heavy atom. The minimum absolute atomic E-state index is 0.00891. The normalized spacial score (nSPS) is 13.9. The summed E-state index contributed by atoms with van der Waals surface area (Å²) in [4.78, 5) is 12.6. The third-order valence-corrected chi connectivity index (χ3v) is 4.30. The van der Waals surface area contributed by atoms with E-state index in [-0.39, 0.29) is 11.6 Å². The lowest BCUT2D eigenvalue weighted by Crippen LogP contribution is -2.52. The van der Waals surface area contributed by atoms with Gasteiger partial charge >= 0.3 is 12.2 Å². The van der Waals surface area contributed by atoms with E-state index in [4.69, 9.17) is 0 Å². The van der Waals surface area contributed by atoms with Gasteiger partial charge in [0.2, 0.25) is 5.13 Å². The average molecular weight is 410 g/mol. The molecule has 12 heteroatoms. The Morgan fingerprint density at radius 1 is 1.22 bits per heavy atom. The second-order valence-corrected chi connectivity index (χ2v) is 7.08. The summed E-state index contributed by atoms with van der Waals surface area (Å²) in [5.74, 6) is -1.50. The minimum Gasteiger partial charge on any atom is -0.379 e. The maximum absolute atomic E-state index is 13.2. The zero-order chi connectivity index (χ0) is 20.4. The van der Waals surface area contributed by atoms with E-state index in [0.29, 0.717) is 22.4 Å². The second kappa shape index (κ2) is 7.72. The number of hydrogen-bond acceptors (Lipinski definition) is 5. The Morgan fingerprint density at radius 2 is 1.81 bits per heavy atom. The average Bonchev–Trinajstić information content (AvgIpc) is 2.91. The molecule has 2 N–H and O–H groups in total. The van der Waals surface area contributed by atoms with Crippen molar-refractivity contribution in [2.75, 3.05) is 18.9 Å². The molecular formula is C15H15F5N4O2S. The minimum atomic E-state index is -4.91. The SMILES string of the molecule is CN(CC(C)(O)C(F)(F)F)C(=O)Nc1nnc(Cc2cc(F)cc(F)c2)s1. The number of anilines is 1. The summed E-state index contributed by atoms with van der Waals surface area (Å²) in [6.45, 7) is -0.436. The first-order valence-corrected chi connectivity index (χ1v) is 8.27. The summed E-state index contributed by atoms with van der Waals surface area (Å²) in [7, 11) is 1.08. The zero-order valence-corrected chi connectivity index (χ0v) is 15.0. The highest BCUT2D eigenvalue weighted by Gasteiger charge is 2.50. The van der Waals surface area contributed by atoms with Crippen molar-refractivity contribution in [3.63, 3.8) is 0 Å². The Labute approximate surface area is 154 Å². The van der Waals surface area contributed by atoms with Crippen molar-refractivity contribution in [3.05, 3.63) is 40.4 Å². The molecule has 2 amide bonds. The first-order chi connectivity index (χ1) is 12.4. The molecule has 1 aromatic carbocycles. The molecule has 0 radical (unpaired) electrons. The van der Waals surface area contributed by atoms with Crippen LogP contribution in [-0.4, -0.2) is 51.6 Å². The standard InChI is InChI=1S/C15H15F5N4O2S/c1-14(26,15(18,19)20)7-24(2)13(25)21-12-23-22-11(27-12)5-8-3-9(16)6-10(17)4-8/h3-4,6,26H,5,7H2,1-2H3,(H,21,23,25). The second-order valence-electron chi connectivity index (χ2n) is 6.01. The molecule has 1 heterocycles. The highest BCUT2D eigenvalue weighted by molar-refractivity contribution is 7.15. The van der Waals surface area contributed by atoms with E-state index in [1.54, 1.807) is 0 Å². The van der Waals surface area contributed by atoms with Crippen molar-refractivity contribution < 1.29 is 31.9 Å². The Balaban J connectivity index is 1.99. The molecule has 27 heavy (non-hydrogen) atoms. The molecular weight excluding hydrogens is 395 g/mol. The number of alkyl halides is 3. The number of nitrogens with one attached hydrogen (secondary N) is 1. The molecule has 0 fully saturated rings. The van der Waals surface area contributed by atoms with Gasteiger partial charge in [0.25, 0.3) is 0 Å². The van der Waals surface area contributed by atoms with Gasteiger partial charge in [-0.05, 0) is 24.6 Å². The first kappa shape index (κ1) is 21.0. The molecule has 6 nitrogen and oxygen atoms in total. The maximum atomic E-state index is 13.2. The van der Waals surface area contributed by atoms with Crippen LogP contribution in [0.15, 0.2) is 18.2 Å². The summed E-state index contributed by atoms with van der Waals surface area (Å²) in [5.41, 5.74) is -2.77. The van der Waals surface area contributed by atoms with Crippen LogP contribution < -0.4 is 5.32 Å². The molecule has 148 valence electrons. The smallest absolute Gasteiger partial charge is 0.379 e. The van der Waals surface area contributed by atoms with Gasteiger partial charge in [-0.2, -0.15) is 13.2 Å². The first-order valence-electron chi connectivity index (χ1n) is 7.46. The van der Waals surface area contributed by atoms with E-state index in [1.807, 2.05) is 0 Å². The van der Waals surface area contributed by atoms with Gasteiger partial charge in [0.1, 0.15) is 16.6 Å². The van der Waals surface area contributed by atoms with E-state index in [2.05, 4.69) is 15.5 Å². The monoisotopic (exact) mass is 410 g/mol. The van der Waals surface area contributed by atoms with Crippen LogP contribution in [0.5, 0.6) is 0 Å². The van der Waals surface area contributed by atoms with Gasteiger partial charge in [-0.25, -0.2) is 13.6 Å². The van der Waals surface area contributed by atoms with E-state index in [1.165, 1.54) is 0 Å². The summed E-state index contributed by atoms with van der Waals surface area (Å²) >= 11 is 0.898. The van der Waals surface area contributed by atoms with Crippen LogP contribution in [-0.2, 0) is 6.42 Å². The van der Waals surface area contributed by atoms with E-state index >= 15 is 0 Å². The zero-order valence-electron chi connectivity index (χ0n) is 14.1. The fraction of sp³-hybridized carbons (Fsp3) is 0.400. The van der Waals surface area contributed by atoms with Gasteiger partial charge in [0.05, 0.1) is 6.54 Å². The lowest BCUT2D eigenvalue weighted by Gasteiger charge is -2.30. The number of rotatable bonds is 5. The molecule has 0 spiro atoms. The lowest BCUT2D eigenvalue weighted by atomic mass is 10.1. The number of nitrogens with zero attached hydrogens (tertiary/aromatic N) is 3. The number of amides is 2. The van der Waals surface area contributed by atoms with Crippen molar-refractivity contribution in [3.8, 4) is 0 Å². The van der Waals surface area contributed by atoms with Crippen LogP contribution in [0.4, 0.5) is 31.9 Å². The molecule has 0 bridgehead atoms. The maximum Gasteiger partial charge on any atom is 0.418 e. The Kier molecular flexibility index (Phi) is 6.00. The van der Waals surface area contributed by atoms with E-state index in [0.717, 1.165) is 36.6 Å². The number of halogens is 5. The molecule has 0 aliphatic rings. The molecule has 0 saturated heterocycles. The van der Waals surface area contributed by atoms with Crippen molar-refractivity contribution >= 4 is 22.5 Å². The fourth-order valence-corrected chi connectivity index (χ4v) is 2.84. The van der Waals surface area contributed by atoms with Gasteiger partial charge in [-0.15, -0.1) is 10.2 Å². The van der Waals surface area contributed by atoms with Gasteiger partial charge < -0.3 is 10.0 Å². The Bertz CT molecular complexity index is 805. The number of aliphatic hydroxyl groups is 1. The van der Waals surface area contributed by atoms with Gasteiger partial charge in [-0.1, -0.05) is 11.3 Å². The summed E-state index contributed by atoms with van der Waals surface area (Å²) < 4.78 is 64.4. The topological polar surface area (TPSA) is 78.4 Å². The lowest BCUT2D eigenvalue weighted by molar-refractivity contribution is -0.254. The number of likely N-dealkylation sites (N-methyl/N-ethyl adjacent to an activating group) is 1. The fourth-order valence-electron chi connectivity index (χ4n) is 2.07. The molecule has 0 aliphatic heterocycles. The number of benzene rings is 1. The van der Waals surface area contributed by atoms with Crippen LogP contribution in [0, 0.1) is 11.6 Å². The van der Waals surface area contributed by atoms with Gasteiger partial charge in [0.15, 0.2) is 5.60 Å². The molecule has 1 unspecified atom stereocenters. The molecule has 2 rings (SSSR count). The van der Waals surface area contributed by atoms with Crippen LogP contribution in [0.3, 0.4) is 0 Å². The summed E-state index contributed by atoms with van der Waals surface area (Å²) in [5, 5.41) is 19.4. The van der Waals surface area contributed by atoms with Crippen LogP contribution in [0.2, 0.25) is 0 Å². The number of carbonyl (C=O) groups is 1. The molecule has 1 atom stereocenters. The van der Waals surface area contributed by atoms with Crippen molar-refractivity contribution in [1.29, 1.82) is 0 Å². The van der Waals surface area contributed by atoms with Crippen LogP contribution >= 0.6 is 11.3 Å². The molecule has 0 saturated carbocycles. The predicted molar refractivity (Wildman–Crippen MR) is 87.4 cm³/mol. The van der Waals surface area contributed by atoms with Gasteiger partial charge in [-0.3, -0.25) is 5.32 Å². The molecule has 2 aromatic rings. The highest BCUT2D eigenvalue weighted by atomic mass is 32.1.